The second-order valence-corrected chi connectivity index (χ2v) is 7.96. The van der Waals surface area contributed by atoms with E-state index in [2.05, 4.69) is 53.3 Å². The van der Waals surface area contributed by atoms with Gasteiger partial charge in [0.2, 0.25) is 11.9 Å². The number of aromatic amines is 1. The number of nitrogens with zero attached hydrogens (tertiary/aromatic N) is 6. The lowest BCUT2D eigenvalue weighted by molar-refractivity contribution is 0.122. The number of nitrogens with one attached hydrogen (secondary N) is 2. The van der Waals surface area contributed by atoms with Crippen molar-refractivity contribution in [3.05, 3.63) is 40.3 Å². The molecule has 156 valence electrons. The maximum atomic E-state index is 5.66. The Kier molecular flexibility index (Phi) is 5.23. The van der Waals surface area contributed by atoms with Crippen LogP contribution < -0.4 is 16.0 Å². The first-order valence-corrected chi connectivity index (χ1v) is 10.7. The van der Waals surface area contributed by atoms with Crippen LogP contribution in [0.1, 0.15) is 11.4 Å². The van der Waals surface area contributed by atoms with Crippen LogP contribution in [0.25, 0.3) is 16.7 Å². The first-order valence-electron chi connectivity index (χ1n) is 9.87. The Morgan fingerprint density at radius 1 is 1.20 bits per heavy atom. The minimum absolute atomic E-state index is 0.479. The number of fused-ring (bicyclic) bond motifs is 2. The third kappa shape index (κ3) is 3.71. The van der Waals surface area contributed by atoms with Crippen molar-refractivity contribution in [3.8, 4) is 0 Å². The molecule has 11 heteroatoms. The molecule has 4 N–H and O–H groups in total. The van der Waals surface area contributed by atoms with Crippen LogP contribution in [0.3, 0.4) is 0 Å². The summed E-state index contributed by atoms with van der Waals surface area (Å²) in [6.45, 7) is 3.96. The van der Waals surface area contributed by atoms with Gasteiger partial charge in [-0.3, -0.25) is 0 Å². The van der Waals surface area contributed by atoms with E-state index >= 15 is 0 Å². The molecule has 0 amide bonds. The Labute approximate surface area is 181 Å². The average molecular weight is 472 g/mol. The number of benzene rings is 1. The number of aromatic nitrogens is 6. The maximum Gasteiger partial charge on any atom is 0.230 e. The molecular formula is C19H22BrN9O. The number of nitrogens with two attached hydrogens (primary N) is 1. The Morgan fingerprint density at radius 2 is 2.07 bits per heavy atom. The SMILES string of the molecule is NCCc1ccc2[nH]c(CNc3nc(N4CCOCC4)nc4c(Br)cnn34)nc2c1. The van der Waals surface area contributed by atoms with E-state index in [1.807, 2.05) is 6.07 Å². The Morgan fingerprint density at radius 3 is 2.90 bits per heavy atom. The van der Waals surface area contributed by atoms with Gasteiger partial charge in [0.15, 0.2) is 5.65 Å². The summed E-state index contributed by atoms with van der Waals surface area (Å²) in [5.74, 6) is 2.09. The molecule has 0 unspecified atom stereocenters. The molecule has 0 saturated carbocycles. The summed E-state index contributed by atoms with van der Waals surface area (Å²) in [7, 11) is 0. The fraction of sp³-hybridized carbons (Fsp3) is 0.368. The van der Waals surface area contributed by atoms with E-state index in [9.17, 15) is 0 Å². The molecule has 0 aliphatic carbocycles. The van der Waals surface area contributed by atoms with Crippen molar-refractivity contribution in [2.75, 3.05) is 43.1 Å². The standard InChI is InChI=1S/C19H22BrN9O/c20-13-10-23-29-17(13)26-19(28-5-7-30-8-6-28)27-18(29)22-11-16-24-14-2-1-12(3-4-21)9-15(14)25-16/h1-2,9-10H,3-8,11,21H2,(H,24,25)(H,22,26,27). The van der Waals surface area contributed by atoms with Crippen molar-refractivity contribution >= 4 is 44.5 Å². The van der Waals surface area contributed by atoms with Crippen LogP contribution in [0.5, 0.6) is 0 Å². The summed E-state index contributed by atoms with van der Waals surface area (Å²) in [4.78, 5) is 19.6. The molecule has 1 aliphatic rings. The van der Waals surface area contributed by atoms with Gasteiger partial charge in [0.05, 0.1) is 41.5 Å². The maximum absolute atomic E-state index is 5.66. The highest BCUT2D eigenvalue weighted by molar-refractivity contribution is 9.10. The summed E-state index contributed by atoms with van der Waals surface area (Å²) in [6, 6.07) is 6.20. The molecule has 4 aromatic rings. The van der Waals surface area contributed by atoms with Gasteiger partial charge in [-0.15, -0.1) is 0 Å². The van der Waals surface area contributed by atoms with Gasteiger partial charge in [-0.2, -0.15) is 19.6 Å². The van der Waals surface area contributed by atoms with Crippen LogP contribution in [-0.4, -0.2) is 62.4 Å². The van der Waals surface area contributed by atoms with Crippen LogP contribution >= 0.6 is 15.9 Å². The number of rotatable bonds is 6. The van der Waals surface area contributed by atoms with E-state index in [0.717, 1.165) is 40.8 Å². The summed E-state index contributed by atoms with van der Waals surface area (Å²) in [6.07, 6.45) is 2.56. The quantitative estimate of drug-likeness (QED) is 0.388. The van der Waals surface area contributed by atoms with Crippen LogP contribution in [0, 0.1) is 0 Å². The molecule has 1 fully saturated rings. The van der Waals surface area contributed by atoms with Gasteiger partial charge in [0.25, 0.3) is 0 Å². The highest BCUT2D eigenvalue weighted by Gasteiger charge is 2.18. The minimum atomic E-state index is 0.479. The van der Waals surface area contributed by atoms with E-state index in [1.54, 1.807) is 10.7 Å². The van der Waals surface area contributed by atoms with E-state index in [0.29, 0.717) is 43.8 Å². The highest BCUT2D eigenvalue weighted by Crippen LogP contribution is 2.22. The number of ether oxygens (including phenoxy) is 1. The predicted octanol–water partition coefficient (Wildman–Crippen LogP) is 1.71. The van der Waals surface area contributed by atoms with E-state index in [4.69, 9.17) is 20.4 Å². The molecule has 1 saturated heterocycles. The first-order chi connectivity index (χ1) is 14.7. The molecule has 5 rings (SSSR count). The van der Waals surface area contributed by atoms with E-state index in [1.165, 1.54) is 5.56 Å². The zero-order valence-corrected chi connectivity index (χ0v) is 17.9. The molecular weight excluding hydrogens is 450 g/mol. The molecule has 4 heterocycles. The van der Waals surface area contributed by atoms with Gasteiger partial charge in [-0.05, 0) is 46.6 Å². The molecule has 1 aliphatic heterocycles. The Hall–Kier alpha value is -2.76. The van der Waals surface area contributed by atoms with Crippen LogP contribution in [0.15, 0.2) is 28.9 Å². The molecule has 0 bridgehead atoms. The fourth-order valence-corrected chi connectivity index (χ4v) is 3.88. The van der Waals surface area contributed by atoms with Gasteiger partial charge in [-0.25, -0.2) is 4.98 Å². The van der Waals surface area contributed by atoms with Crippen molar-refractivity contribution in [3.63, 3.8) is 0 Å². The van der Waals surface area contributed by atoms with Crippen molar-refractivity contribution < 1.29 is 4.74 Å². The predicted molar refractivity (Wildman–Crippen MR) is 118 cm³/mol. The number of anilines is 2. The highest BCUT2D eigenvalue weighted by atomic mass is 79.9. The van der Waals surface area contributed by atoms with Gasteiger partial charge in [0, 0.05) is 13.1 Å². The number of hydrogen-bond acceptors (Lipinski definition) is 8. The normalized spacial score (nSPS) is 14.7. The minimum Gasteiger partial charge on any atom is -0.378 e. The third-order valence-corrected chi connectivity index (χ3v) is 5.61. The topological polar surface area (TPSA) is 122 Å². The van der Waals surface area contributed by atoms with Crippen molar-refractivity contribution in [2.45, 2.75) is 13.0 Å². The summed E-state index contributed by atoms with van der Waals surface area (Å²) in [5, 5.41) is 7.74. The van der Waals surface area contributed by atoms with E-state index < -0.39 is 0 Å². The number of hydrogen-bond donors (Lipinski definition) is 3. The largest absolute Gasteiger partial charge is 0.378 e. The molecule has 3 aromatic heterocycles. The van der Waals surface area contributed by atoms with Crippen LogP contribution in [0.2, 0.25) is 0 Å². The second kappa shape index (κ2) is 8.17. The Bertz CT molecular complexity index is 1180. The number of imidazole rings is 1. The van der Waals surface area contributed by atoms with Gasteiger partial charge < -0.3 is 25.7 Å². The molecule has 0 spiro atoms. The van der Waals surface area contributed by atoms with E-state index in [-0.39, 0.29) is 0 Å². The second-order valence-electron chi connectivity index (χ2n) is 7.10. The number of halogens is 1. The average Bonchev–Trinajstić information content (AvgIpc) is 3.36. The lowest BCUT2D eigenvalue weighted by atomic mass is 10.1. The summed E-state index contributed by atoms with van der Waals surface area (Å²) < 4.78 is 7.96. The van der Waals surface area contributed by atoms with Crippen molar-refractivity contribution in [1.29, 1.82) is 0 Å². The molecule has 30 heavy (non-hydrogen) atoms. The van der Waals surface area contributed by atoms with Gasteiger partial charge in [-0.1, -0.05) is 6.07 Å². The lowest BCUT2D eigenvalue weighted by Gasteiger charge is -2.27. The van der Waals surface area contributed by atoms with Crippen molar-refractivity contribution in [2.24, 2.45) is 5.73 Å². The zero-order chi connectivity index (χ0) is 20.5. The zero-order valence-electron chi connectivity index (χ0n) is 16.3. The molecule has 10 nitrogen and oxygen atoms in total. The van der Waals surface area contributed by atoms with Gasteiger partial charge in [0.1, 0.15) is 5.82 Å². The number of H-pyrrole nitrogens is 1. The van der Waals surface area contributed by atoms with Crippen molar-refractivity contribution in [1.82, 2.24) is 29.5 Å². The monoisotopic (exact) mass is 471 g/mol. The fourth-order valence-electron chi connectivity index (χ4n) is 3.53. The molecule has 0 radical (unpaired) electrons. The van der Waals surface area contributed by atoms with Crippen LogP contribution in [-0.2, 0) is 17.7 Å². The molecule has 0 atom stereocenters. The molecule has 1 aromatic carbocycles. The van der Waals surface area contributed by atoms with Crippen LogP contribution in [0.4, 0.5) is 11.9 Å². The van der Waals surface area contributed by atoms with Gasteiger partial charge >= 0.3 is 0 Å². The lowest BCUT2D eigenvalue weighted by Crippen LogP contribution is -2.37. The Balaban J connectivity index is 1.42. The smallest absolute Gasteiger partial charge is 0.230 e. The summed E-state index contributed by atoms with van der Waals surface area (Å²) in [5.41, 5.74) is 9.49. The summed E-state index contributed by atoms with van der Waals surface area (Å²) >= 11 is 3.53. The number of morpholine rings is 1. The first kappa shape index (κ1) is 19.2. The third-order valence-electron chi connectivity index (χ3n) is 5.05.